The largest absolute Gasteiger partial charge is 0.469 e. The van der Waals surface area contributed by atoms with Crippen LogP contribution in [0, 0.1) is 12.8 Å². The molecule has 0 radical (unpaired) electrons. The molecular weight excluding hydrogens is 478 g/mol. The quantitative estimate of drug-likeness (QED) is 0.305. The summed E-state index contributed by atoms with van der Waals surface area (Å²) in [5.41, 5.74) is 4.26. The van der Waals surface area contributed by atoms with Crippen molar-refractivity contribution in [3.8, 4) is 11.1 Å². The summed E-state index contributed by atoms with van der Waals surface area (Å²) < 4.78 is 6.34. The maximum absolute atomic E-state index is 13.8. The highest BCUT2D eigenvalue weighted by Gasteiger charge is 2.28. The third-order valence-corrected chi connectivity index (χ3v) is 6.68. The molecular formula is C31H33N3O4. The Bertz CT molecular complexity index is 1510. The van der Waals surface area contributed by atoms with Crippen molar-refractivity contribution in [2.75, 3.05) is 7.11 Å². The van der Waals surface area contributed by atoms with Crippen LogP contribution in [0.1, 0.15) is 49.9 Å². The predicted molar refractivity (Wildman–Crippen MR) is 149 cm³/mol. The zero-order valence-electron chi connectivity index (χ0n) is 22.2. The fourth-order valence-electron chi connectivity index (χ4n) is 4.69. The number of ether oxygens (including phenoxy) is 1. The van der Waals surface area contributed by atoms with E-state index in [-0.39, 0.29) is 23.8 Å². The number of aryl methyl sites for hydroxylation is 1. The van der Waals surface area contributed by atoms with Crippen molar-refractivity contribution in [3.63, 3.8) is 0 Å². The number of esters is 1. The van der Waals surface area contributed by atoms with Gasteiger partial charge in [0.2, 0.25) is 5.91 Å². The molecule has 0 saturated heterocycles. The lowest BCUT2D eigenvalue weighted by Crippen LogP contribution is -2.40. The number of methoxy groups -OCH3 is 1. The van der Waals surface area contributed by atoms with E-state index >= 15 is 0 Å². The van der Waals surface area contributed by atoms with Crippen LogP contribution < -0.4 is 10.9 Å². The molecule has 0 saturated carbocycles. The minimum atomic E-state index is -0.792. The number of rotatable bonds is 9. The first-order valence-electron chi connectivity index (χ1n) is 12.8. The Labute approximate surface area is 222 Å². The van der Waals surface area contributed by atoms with Crippen molar-refractivity contribution in [3.05, 3.63) is 101 Å². The van der Waals surface area contributed by atoms with Crippen molar-refractivity contribution in [1.29, 1.82) is 0 Å². The molecule has 0 unspecified atom stereocenters. The van der Waals surface area contributed by atoms with Crippen LogP contribution in [0.15, 0.2) is 83.9 Å². The minimum absolute atomic E-state index is 0.0429. The Morgan fingerprint density at radius 2 is 1.74 bits per heavy atom. The van der Waals surface area contributed by atoms with Crippen LogP contribution in [0.2, 0.25) is 0 Å². The second-order valence-corrected chi connectivity index (χ2v) is 9.90. The van der Waals surface area contributed by atoms with E-state index in [1.165, 1.54) is 18.0 Å². The monoisotopic (exact) mass is 511 g/mol. The number of benzene rings is 3. The number of carbonyl (C=O) groups excluding carboxylic acids is 2. The summed E-state index contributed by atoms with van der Waals surface area (Å²) in [6.07, 6.45) is 1.82. The smallest absolute Gasteiger partial charge is 0.307 e. The summed E-state index contributed by atoms with van der Waals surface area (Å²) in [6, 6.07) is 21.5. The highest BCUT2D eigenvalue weighted by Crippen LogP contribution is 2.28. The lowest BCUT2D eigenvalue weighted by Gasteiger charge is -2.25. The molecule has 196 valence electrons. The molecule has 4 aromatic rings. The molecule has 38 heavy (non-hydrogen) atoms. The molecule has 0 bridgehead atoms. The van der Waals surface area contributed by atoms with Crippen LogP contribution in [0.4, 0.5) is 0 Å². The molecule has 3 aromatic carbocycles. The van der Waals surface area contributed by atoms with Gasteiger partial charge in [0.1, 0.15) is 6.04 Å². The number of aromatic nitrogens is 2. The second-order valence-electron chi connectivity index (χ2n) is 9.90. The van der Waals surface area contributed by atoms with Crippen molar-refractivity contribution in [2.24, 2.45) is 5.92 Å². The van der Waals surface area contributed by atoms with E-state index in [0.29, 0.717) is 17.3 Å². The Morgan fingerprint density at radius 1 is 1.00 bits per heavy atom. The molecule has 0 spiro atoms. The van der Waals surface area contributed by atoms with Crippen LogP contribution in [0.5, 0.6) is 0 Å². The van der Waals surface area contributed by atoms with Crippen molar-refractivity contribution in [1.82, 2.24) is 14.9 Å². The van der Waals surface area contributed by atoms with Gasteiger partial charge >= 0.3 is 5.97 Å². The van der Waals surface area contributed by atoms with Gasteiger partial charge in [0.25, 0.3) is 5.56 Å². The highest BCUT2D eigenvalue weighted by molar-refractivity contribution is 5.83. The van der Waals surface area contributed by atoms with Gasteiger partial charge in [-0.1, -0.05) is 68.4 Å². The number of carbonyl (C=O) groups is 2. The minimum Gasteiger partial charge on any atom is -0.469 e. The molecule has 0 aliphatic carbocycles. The Kier molecular flexibility index (Phi) is 8.36. The first kappa shape index (κ1) is 26.8. The summed E-state index contributed by atoms with van der Waals surface area (Å²) in [6.45, 7) is 6.04. The summed E-state index contributed by atoms with van der Waals surface area (Å²) in [5.74, 6) is -0.665. The van der Waals surface area contributed by atoms with E-state index in [4.69, 9.17) is 4.74 Å². The van der Waals surface area contributed by atoms with Crippen LogP contribution in [0.3, 0.4) is 0 Å². The first-order valence-corrected chi connectivity index (χ1v) is 12.8. The van der Waals surface area contributed by atoms with Gasteiger partial charge in [-0.3, -0.25) is 19.0 Å². The highest BCUT2D eigenvalue weighted by atomic mass is 16.5. The zero-order valence-corrected chi connectivity index (χ0v) is 22.2. The Morgan fingerprint density at radius 3 is 2.47 bits per heavy atom. The molecule has 7 heteroatoms. The number of amides is 1. The Balaban J connectivity index is 1.71. The standard InChI is InChI=1S/C31H33N3O4/c1-20(2)16-28(34-19-32-26-15-8-7-14-25(26)31(34)37)30(36)33-27(18-29(35)38-4)23-12-9-11-22(17-23)24-13-6-5-10-21(24)3/h5-15,17,19-20,27-28H,16,18H2,1-4H3,(H,33,36)/t27-,28-/m0/s1. The number of hydrogen-bond donors (Lipinski definition) is 1. The average Bonchev–Trinajstić information content (AvgIpc) is 2.92. The maximum Gasteiger partial charge on any atom is 0.307 e. The number of nitrogens with one attached hydrogen (secondary N) is 1. The van der Waals surface area contributed by atoms with Gasteiger partial charge in [0, 0.05) is 0 Å². The number of nitrogens with zero attached hydrogens (tertiary/aromatic N) is 2. The van der Waals surface area contributed by atoms with Gasteiger partial charge in [-0.2, -0.15) is 0 Å². The van der Waals surface area contributed by atoms with Crippen LogP contribution in [-0.4, -0.2) is 28.5 Å². The molecule has 7 nitrogen and oxygen atoms in total. The third kappa shape index (κ3) is 5.99. The topological polar surface area (TPSA) is 90.3 Å². The van der Waals surface area contributed by atoms with Gasteiger partial charge in [-0.25, -0.2) is 4.98 Å². The maximum atomic E-state index is 13.8. The lowest BCUT2D eigenvalue weighted by molar-refractivity contribution is -0.141. The number of hydrogen-bond acceptors (Lipinski definition) is 5. The molecule has 0 aliphatic heterocycles. The summed E-state index contributed by atoms with van der Waals surface area (Å²) in [5, 5.41) is 3.50. The first-order chi connectivity index (χ1) is 18.3. The summed E-state index contributed by atoms with van der Waals surface area (Å²) in [7, 11) is 1.33. The van der Waals surface area contributed by atoms with E-state index in [1.807, 2.05) is 75.4 Å². The van der Waals surface area contributed by atoms with Crippen molar-refractivity contribution in [2.45, 2.75) is 45.7 Å². The van der Waals surface area contributed by atoms with Gasteiger partial charge in [0.15, 0.2) is 0 Å². The van der Waals surface area contributed by atoms with E-state index in [1.54, 1.807) is 18.2 Å². The van der Waals surface area contributed by atoms with Crippen molar-refractivity contribution < 1.29 is 14.3 Å². The molecule has 0 fully saturated rings. The molecule has 2 atom stereocenters. The summed E-state index contributed by atoms with van der Waals surface area (Å²) >= 11 is 0. The average molecular weight is 512 g/mol. The second kappa shape index (κ2) is 11.9. The lowest BCUT2D eigenvalue weighted by atomic mass is 9.95. The van der Waals surface area contributed by atoms with Gasteiger partial charge in [-0.15, -0.1) is 0 Å². The van der Waals surface area contributed by atoms with Gasteiger partial charge in [0.05, 0.1) is 36.8 Å². The SMILES string of the molecule is COC(=O)C[C@H](NC(=O)[C@H](CC(C)C)n1cnc2ccccc2c1=O)c1cccc(-c2ccccc2C)c1. The van der Waals surface area contributed by atoms with Crippen LogP contribution in [0.25, 0.3) is 22.0 Å². The third-order valence-electron chi connectivity index (χ3n) is 6.68. The molecule has 1 amide bonds. The molecule has 1 heterocycles. The Hall–Kier alpha value is -4.26. The normalized spacial score (nSPS) is 12.8. The van der Waals surface area contributed by atoms with E-state index in [0.717, 1.165) is 22.3 Å². The number of fused-ring (bicyclic) bond motifs is 1. The molecule has 1 N–H and O–H groups in total. The van der Waals surface area contributed by atoms with Crippen LogP contribution >= 0.6 is 0 Å². The summed E-state index contributed by atoms with van der Waals surface area (Å²) in [4.78, 5) is 43.9. The molecule has 4 rings (SSSR count). The predicted octanol–water partition coefficient (Wildman–Crippen LogP) is 5.38. The van der Waals surface area contributed by atoms with Gasteiger partial charge in [-0.05, 0) is 59.7 Å². The van der Waals surface area contributed by atoms with E-state index in [2.05, 4.69) is 10.3 Å². The van der Waals surface area contributed by atoms with Crippen LogP contribution in [-0.2, 0) is 14.3 Å². The molecule has 1 aromatic heterocycles. The number of para-hydroxylation sites is 1. The molecule has 0 aliphatic rings. The fourth-order valence-corrected chi connectivity index (χ4v) is 4.69. The van der Waals surface area contributed by atoms with E-state index in [9.17, 15) is 14.4 Å². The van der Waals surface area contributed by atoms with Gasteiger partial charge < -0.3 is 10.1 Å². The van der Waals surface area contributed by atoms with Crippen molar-refractivity contribution >= 4 is 22.8 Å². The zero-order chi connectivity index (χ0) is 27.2. The van der Waals surface area contributed by atoms with E-state index < -0.39 is 18.1 Å². The fraction of sp³-hybridized carbons (Fsp3) is 0.290.